The van der Waals surface area contributed by atoms with Gasteiger partial charge in [0.1, 0.15) is 6.26 Å². The van der Waals surface area contributed by atoms with E-state index >= 15 is 0 Å². The number of carbonyl (C=O) groups is 1. The standard InChI is InChI=1S/C8H11NO3/c1-2-6-5-12-7(9-6)3-4-8(10)11/h5H,2-4H2,1H3,(H,10,11). The van der Waals surface area contributed by atoms with Crippen LogP contribution in [0.15, 0.2) is 10.7 Å². The highest BCUT2D eigenvalue weighted by atomic mass is 16.4. The van der Waals surface area contributed by atoms with Crippen LogP contribution in [0, 0.1) is 0 Å². The molecule has 0 amide bonds. The van der Waals surface area contributed by atoms with Crippen LogP contribution in [-0.4, -0.2) is 16.1 Å². The van der Waals surface area contributed by atoms with E-state index < -0.39 is 5.97 Å². The van der Waals surface area contributed by atoms with E-state index in [9.17, 15) is 4.79 Å². The Morgan fingerprint density at radius 2 is 2.50 bits per heavy atom. The van der Waals surface area contributed by atoms with E-state index in [0.717, 1.165) is 12.1 Å². The van der Waals surface area contributed by atoms with Crippen LogP contribution in [0.4, 0.5) is 0 Å². The zero-order valence-electron chi connectivity index (χ0n) is 6.91. The van der Waals surface area contributed by atoms with Crippen molar-refractivity contribution in [3.05, 3.63) is 17.8 Å². The number of aryl methyl sites for hydroxylation is 2. The summed E-state index contributed by atoms with van der Waals surface area (Å²) in [6, 6.07) is 0. The van der Waals surface area contributed by atoms with Gasteiger partial charge >= 0.3 is 5.97 Å². The highest BCUT2D eigenvalue weighted by Crippen LogP contribution is 2.04. The number of aliphatic carboxylic acids is 1. The number of hydrogen-bond acceptors (Lipinski definition) is 3. The molecule has 0 fully saturated rings. The Bertz CT molecular complexity index is 267. The smallest absolute Gasteiger partial charge is 0.303 e. The normalized spacial score (nSPS) is 10.1. The molecule has 4 heteroatoms. The SMILES string of the molecule is CCc1coc(CCC(=O)O)n1. The first-order valence-corrected chi connectivity index (χ1v) is 3.87. The van der Waals surface area contributed by atoms with E-state index in [0.29, 0.717) is 12.3 Å². The fourth-order valence-electron chi connectivity index (χ4n) is 0.840. The third-order valence-corrected chi connectivity index (χ3v) is 1.51. The molecule has 0 saturated carbocycles. The van der Waals surface area contributed by atoms with Crippen molar-refractivity contribution in [3.8, 4) is 0 Å². The van der Waals surface area contributed by atoms with Gasteiger partial charge in [-0.1, -0.05) is 6.92 Å². The summed E-state index contributed by atoms with van der Waals surface area (Å²) in [7, 11) is 0. The van der Waals surface area contributed by atoms with Crippen molar-refractivity contribution < 1.29 is 14.3 Å². The second-order valence-corrected chi connectivity index (χ2v) is 2.48. The molecule has 0 aromatic carbocycles. The summed E-state index contributed by atoms with van der Waals surface area (Å²) in [5.74, 6) is -0.319. The molecular weight excluding hydrogens is 158 g/mol. The van der Waals surface area contributed by atoms with Crippen molar-refractivity contribution >= 4 is 5.97 Å². The minimum Gasteiger partial charge on any atom is -0.481 e. The molecule has 0 saturated heterocycles. The molecule has 0 aliphatic rings. The number of hydrogen-bond donors (Lipinski definition) is 1. The van der Waals surface area contributed by atoms with Gasteiger partial charge in [0.05, 0.1) is 12.1 Å². The van der Waals surface area contributed by atoms with Crippen LogP contribution in [0.5, 0.6) is 0 Å². The van der Waals surface area contributed by atoms with E-state index in [4.69, 9.17) is 9.52 Å². The molecule has 1 heterocycles. The maximum absolute atomic E-state index is 10.2. The summed E-state index contributed by atoms with van der Waals surface area (Å²) in [6.07, 6.45) is 2.83. The molecule has 1 rings (SSSR count). The maximum atomic E-state index is 10.2. The maximum Gasteiger partial charge on any atom is 0.303 e. The van der Waals surface area contributed by atoms with Gasteiger partial charge in [-0.25, -0.2) is 4.98 Å². The number of aromatic nitrogens is 1. The van der Waals surface area contributed by atoms with Crippen LogP contribution in [0.2, 0.25) is 0 Å². The molecule has 0 atom stereocenters. The van der Waals surface area contributed by atoms with Crippen molar-refractivity contribution in [2.24, 2.45) is 0 Å². The number of nitrogens with zero attached hydrogens (tertiary/aromatic N) is 1. The second-order valence-electron chi connectivity index (χ2n) is 2.48. The highest BCUT2D eigenvalue weighted by molar-refractivity contribution is 5.66. The minimum atomic E-state index is -0.828. The second kappa shape index (κ2) is 3.90. The first-order chi connectivity index (χ1) is 5.72. The van der Waals surface area contributed by atoms with Gasteiger partial charge in [0.25, 0.3) is 0 Å². The third-order valence-electron chi connectivity index (χ3n) is 1.51. The lowest BCUT2D eigenvalue weighted by molar-refractivity contribution is -0.137. The van der Waals surface area contributed by atoms with E-state index in [1.54, 1.807) is 6.26 Å². The zero-order valence-corrected chi connectivity index (χ0v) is 6.91. The van der Waals surface area contributed by atoms with Crippen molar-refractivity contribution in [1.82, 2.24) is 4.98 Å². The summed E-state index contributed by atoms with van der Waals surface area (Å²) in [6.45, 7) is 1.97. The number of oxazole rings is 1. The van der Waals surface area contributed by atoms with Crippen LogP contribution in [0.25, 0.3) is 0 Å². The monoisotopic (exact) mass is 169 g/mol. The van der Waals surface area contributed by atoms with Crippen molar-refractivity contribution in [1.29, 1.82) is 0 Å². The third kappa shape index (κ3) is 2.38. The van der Waals surface area contributed by atoms with Crippen molar-refractivity contribution in [3.63, 3.8) is 0 Å². The average Bonchev–Trinajstić information content (AvgIpc) is 2.48. The lowest BCUT2D eigenvalue weighted by Crippen LogP contribution is -1.97. The van der Waals surface area contributed by atoms with Gasteiger partial charge in [-0.2, -0.15) is 0 Å². The van der Waals surface area contributed by atoms with Crippen LogP contribution >= 0.6 is 0 Å². The predicted molar refractivity (Wildman–Crippen MR) is 41.8 cm³/mol. The van der Waals surface area contributed by atoms with Gasteiger partial charge in [-0.3, -0.25) is 4.79 Å². The molecule has 0 unspecified atom stereocenters. The molecule has 1 aromatic rings. The number of rotatable bonds is 4. The Balaban J connectivity index is 2.47. The van der Waals surface area contributed by atoms with Crippen LogP contribution in [0.1, 0.15) is 24.9 Å². The molecule has 1 aromatic heterocycles. The first-order valence-electron chi connectivity index (χ1n) is 3.87. The lowest BCUT2D eigenvalue weighted by atomic mass is 10.3. The fourth-order valence-corrected chi connectivity index (χ4v) is 0.840. The minimum absolute atomic E-state index is 0.0731. The summed E-state index contributed by atoms with van der Waals surface area (Å²) in [5, 5.41) is 8.37. The Hall–Kier alpha value is -1.32. The van der Waals surface area contributed by atoms with Crippen LogP contribution < -0.4 is 0 Å². The molecule has 12 heavy (non-hydrogen) atoms. The Labute approximate surface area is 70.2 Å². The molecule has 0 radical (unpaired) electrons. The Morgan fingerprint density at radius 3 is 3.00 bits per heavy atom. The predicted octanol–water partition coefficient (Wildman–Crippen LogP) is 1.25. The number of carboxylic acids is 1. The largest absolute Gasteiger partial charge is 0.481 e. The van der Waals surface area contributed by atoms with Gasteiger partial charge in [0.2, 0.25) is 0 Å². The van der Waals surface area contributed by atoms with E-state index in [1.165, 1.54) is 0 Å². The van der Waals surface area contributed by atoms with E-state index in [2.05, 4.69) is 4.98 Å². The van der Waals surface area contributed by atoms with Gasteiger partial charge in [0.15, 0.2) is 5.89 Å². The highest BCUT2D eigenvalue weighted by Gasteiger charge is 2.04. The molecule has 0 bridgehead atoms. The molecule has 4 nitrogen and oxygen atoms in total. The lowest BCUT2D eigenvalue weighted by Gasteiger charge is -1.88. The Morgan fingerprint density at radius 1 is 1.75 bits per heavy atom. The van der Waals surface area contributed by atoms with E-state index in [1.807, 2.05) is 6.92 Å². The molecule has 0 spiro atoms. The average molecular weight is 169 g/mol. The van der Waals surface area contributed by atoms with Gasteiger partial charge in [-0.15, -0.1) is 0 Å². The Kier molecular flexibility index (Phi) is 2.85. The molecule has 1 N–H and O–H groups in total. The van der Waals surface area contributed by atoms with Gasteiger partial charge < -0.3 is 9.52 Å². The van der Waals surface area contributed by atoms with Crippen LogP contribution in [0.3, 0.4) is 0 Å². The van der Waals surface area contributed by atoms with Crippen LogP contribution in [-0.2, 0) is 17.6 Å². The van der Waals surface area contributed by atoms with Crippen molar-refractivity contribution in [2.75, 3.05) is 0 Å². The van der Waals surface area contributed by atoms with Gasteiger partial charge in [-0.05, 0) is 6.42 Å². The summed E-state index contributed by atoms with van der Waals surface area (Å²) in [5.41, 5.74) is 0.871. The zero-order chi connectivity index (χ0) is 8.97. The molecule has 0 aliphatic heterocycles. The quantitative estimate of drug-likeness (QED) is 0.736. The summed E-state index contributed by atoms with van der Waals surface area (Å²) in [4.78, 5) is 14.3. The topological polar surface area (TPSA) is 63.3 Å². The molecular formula is C8H11NO3. The first kappa shape index (κ1) is 8.77. The van der Waals surface area contributed by atoms with Gasteiger partial charge in [0, 0.05) is 6.42 Å². The number of carboxylic acid groups (broad SMARTS) is 1. The van der Waals surface area contributed by atoms with E-state index in [-0.39, 0.29) is 6.42 Å². The molecule has 0 aliphatic carbocycles. The summed E-state index contributed by atoms with van der Waals surface area (Å²) < 4.78 is 5.03. The fraction of sp³-hybridized carbons (Fsp3) is 0.500. The van der Waals surface area contributed by atoms with Crippen molar-refractivity contribution in [2.45, 2.75) is 26.2 Å². The summed E-state index contributed by atoms with van der Waals surface area (Å²) >= 11 is 0. The molecule has 66 valence electrons.